The highest BCUT2D eigenvalue weighted by Crippen LogP contribution is 2.40. The molecular formula is C22H27FN4Si. The maximum Gasteiger partial charge on any atom is 0.221 e. The summed E-state index contributed by atoms with van der Waals surface area (Å²) in [7, 11) is -1.93. The normalized spacial score (nSPS) is 11.5. The molecule has 0 spiro atoms. The number of halogens is 1. The summed E-state index contributed by atoms with van der Waals surface area (Å²) < 4.78 is 14.6. The molecule has 0 atom stereocenters. The Hall–Kier alpha value is -2.70. The topological polar surface area (TPSA) is 75.6 Å². The van der Waals surface area contributed by atoms with E-state index in [0.717, 1.165) is 0 Å². The molecule has 0 saturated carbocycles. The molecule has 1 aromatic carbocycles. The van der Waals surface area contributed by atoms with Gasteiger partial charge in [0.1, 0.15) is 25.7 Å². The summed E-state index contributed by atoms with van der Waals surface area (Å²) in [6.07, 6.45) is 0. The van der Waals surface area contributed by atoms with Gasteiger partial charge in [-0.25, -0.2) is 14.4 Å². The lowest BCUT2D eigenvalue weighted by atomic mass is 10.1. The van der Waals surface area contributed by atoms with Crippen molar-refractivity contribution in [3.8, 4) is 28.8 Å². The third kappa shape index (κ3) is 4.08. The fourth-order valence-corrected chi connectivity index (χ4v) is 9.30. The summed E-state index contributed by atoms with van der Waals surface area (Å²) in [5, 5.41) is 9.06. The van der Waals surface area contributed by atoms with Crippen LogP contribution in [-0.2, 0) is 0 Å². The molecule has 2 N–H and O–H groups in total. The van der Waals surface area contributed by atoms with E-state index in [9.17, 15) is 4.39 Å². The zero-order chi connectivity index (χ0) is 21.1. The molecule has 0 fully saturated rings. The lowest BCUT2D eigenvalue weighted by Gasteiger charge is -2.38. The van der Waals surface area contributed by atoms with Crippen molar-refractivity contribution in [1.29, 1.82) is 5.26 Å². The quantitative estimate of drug-likeness (QED) is 0.563. The second-order valence-electron chi connectivity index (χ2n) is 7.92. The van der Waals surface area contributed by atoms with E-state index >= 15 is 0 Å². The minimum absolute atomic E-state index is 0.0341. The molecule has 0 unspecified atom stereocenters. The van der Waals surface area contributed by atoms with Gasteiger partial charge in [0.2, 0.25) is 5.95 Å². The maximum absolute atomic E-state index is 14.6. The third-order valence-electron chi connectivity index (χ3n) is 5.41. The highest BCUT2D eigenvalue weighted by molar-refractivity contribution is 6.90. The number of nitrogen functional groups attached to an aromatic ring is 1. The zero-order valence-electron chi connectivity index (χ0n) is 17.3. The number of hydrogen-bond acceptors (Lipinski definition) is 4. The molecule has 2 aromatic rings. The smallest absolute Gasteiger partial charge is 0.221 e. The van der Waals surface area contributed by atoms with E-state index in [1.807, 2.05) is 6.07 Å². The maximum atomic E-state index is 14.6. The SMILES string of the molecule is CC(C)[Si](C#Cc1cc(-c2cccc(C#N)c2F)nc(N)n1)(C(C)C)C(C)C. The van der Waals surface area contributed by atoms with Crippen LogP contribution in [0.25, 0.3) is 11.3 Å². The molecule has 1 heterocycles. The van der Waals surface area contributed by atoms with Gasteiger partial charge in [-0.3, -0.25) is 0 Å². The summed E-state index contributed by atoms with van der Waals surface area (Å²) in [6, 6.07) is 8.11. The van der Waals surface area contributed by atoms with Crippen LogP contribution in [0.2, 0.25) is 16.6 Å². The van der Waals surface area contributed by atoms with Crippen LogP contribution in [0.15, 0.2) is 24.3 Å². The molecular weight excluding hydrogens is 367 g/mol. The number of anilines is 1. The number of rotatable bonds is 4. The second-order valence-corrected chi connectivity index (χ2v) is 13.5. The van der Waals surface area contributed by atoms with Crippen LogP contribution in [0.4, 0.5) is 10.3 Å². The monoisotopic (exact) mass is 394 g/mol. The van der Waals surface area contributed by atoms with Crippen molar-refractivity contribution >= 4 is 14.0 Å². The van der Waals surface area contributed by atoms with Crippen molar-refractivity contribution < 1.29 is 4.39 Å². The Labute approximate surface area is 168 Å². The standard InChI is InChI=1S/C22H27FN4Si/c1-14(2)28(15(3)4,16(5)6)11-10-18-12-20(27-22(25)26-18)19-9-7-8-17(13-24)21(19)23/h7-9,12,14-16H,1-6H3,(H2,25,26,27). The van der Waals surface area contributed by atoms with Crippen molar-refractivity contribution in [3.63, 3.8) is 0 Å². The van der Waals surface area contributed by atoms with Crippen LogP contribution < -0.4 is 5.73 Å². The highest BCUT2D eigenvalue weighted by atomic mass is 28.3. The largest absolute Gasteiger partial charge is 0.368 e. The molecule has 0 aliphatic heterocycles. The molecule has 0 bridgehead atoms. The third-order valence-corrected chi connectivity index (χ3v) is 11.7. The summed E-state index contributed by atoms with van der Waals surface area (Å²) in [6.45, 7) is 13.4. The van der Waals surface area contributed by atoms with Gasteiger partial charge in [0.05, 0.1) is 11.3 Å². The van der Waals surface area contributed by atoms with E-state index < -0.39 is 13.9 Å². The molecule has 0 aliphatic carbocycles. The van der Waals surface area contributed by atoms with Gasteiger partial charge in [-0.05, 0) is 34.8 Å². The first-order chi connectivity index (χ1) is 13.1. The molecule has 0 saturated heterocycles. The predicted octanol–water partition coefficient (Wildman–Crippen LogP) is 5.31. The van der Waals surface area contributed by atoms with Crippen LogP contribution in [0.5, 0.6) is 0 Å². The van der Waals surface area contributed by atoms with Gasteiger partial charge in [0, 0.05) is 5.56 Å². The minimum atomic E-state index is -1.93. The number of nitrogens with zero attached hydrogens (tertiary/aromatic N) is 3. The van der Waals surface area contributed by atoms with Crippen LogP contribution in [0.3, 0.4) is 0 Å². The average molecular weight is 395 g/mol. The van der Waals surface area contributed by atoms with E-state index in [1.165, 1.54) is 6.07 Å². The van der Waals surface area contributed by atoms with Crippen molar-refractivity contribution in [3.05, 3.63) is 41.3 Å². The number of nitrogens with two attached hydrogens (primary N) is 1. The predicted molar refractivity (Wildman–Crippen MR) is 114 cm³/mol. The Kier molecular flexibility index (Phi) is 6.59. The van der Waals surface area contributed by atoms with E-state index in [4.69, 9.17) is 11.0 Å². The molecule has 4 nitrogen and oxygen atoms in total. The van der Waals surface area contributed by atoms with Crippen LogP contribution in [0, 0.1) is 28.6 Å². The molecule has 6 heteroatoms. The summed E-state index contributed by atoms with van der Waals surface area (Å²) >= 11 is 0. The van der Waals surface area contributed by atoms with Crippen LogP contribution in [-0.4, -0.2) is 18.0 Å². The number of benzene rings is 1. The van der Waals surface area contributed by atoms with Gasteiger partial charge in [-0.2, -0.15) is 5.26 Å². The number of aromatic nitrogens is 2. The summed E-state index contributed by atoms with van der Waals surface area (Å²) in [5.41, 5.74) is 11.9. The second kappa shape index (κ2) is 8.54. The molecule has 28 heavy (non-hydrogen) atoms. The lowest BCUT2D eigenvalue weighted by Crippen LogP contribution is -2.43. The van der Waals surface area contributed by atoms with Gasteiger partial charge in [0.15, 0.2) is 0 Å². The summed E-state index contributed by atoms with van der Waals surface area (Å²) in [5.74, 6) is 2.64. The minimum Gasteiger partial charge on any atom is -0.368 e. The molecule has 0 radical (unpaired) electrons. The highest BCUT2D eigenvalue weighted by Gasteiger charge is 2.41. The fourth-order valence-electron chi connectivity index (χ4n) is 4.09. The van der Waals surface area contributed by atoms with Crippen molar-refractivity contribution in [2.24, 2.45) is 0 Å². The van der Waals surface area contributed by atoms with E-state index in [-0.39, 0.29) is 17.1 Å². The van der Waals surface area contributed by atoms with Gasteiger partial charge in [0.25, 0.3) is 0 Å². The van der Waals surface area contributed by atoms with Gasteiger partial charge in [-0.15, -0.1) is 5.54 Å². The first-order valence-electron chi connectivity index (χ1n) is 9.50. The Morgan fingerprint density at radius 3 is 2.18 bits per heavy atom. The Bertz CT molecular complexity index is 943. The molecule has 0 amide bonds. The number of nitriles is 1. The summed E-state index contributed by atoms with van der Waals surface area (Å²) in [4.78, 5) is 8.39. The van der Waals surface area contributed by atoms with Crippen molar-refractivity contribution in [2.75, 3.05) is 5.73 Å². The van der Waals surface area contributed by atoms with E-state index in [1.54, 1.807) is 18.2 Å². The zero-order valence-corrected chi connectivity index (χ0v) is 18.3. The molecule has 0 aliphatic rings. The van der Waals surface area contributed by atoms with Gasteiger partial charge in [-0.1, -0.05) is 53.5 Å². The molecule has 2 rings (SSSR count). The number of hydrogen-bond donors (Lipinski definition) is 1. The Morgan fingerprint density at radius 2 is 1.64 bits per heavy atom. The molecule has 1 aromatic heterocycles. The van der Waals surface area contributed by atoms with Crippen LogP contribution >= 0.6 is 0 Å². The Morgan fingerprint density at radius 1 is 1.04 bits per heavy atom. The van der Waals surface area contributed by atoms with E-state index in [2.05, 4.69) is 63.0 Å². The van der Waals surface area contributed by atoms with E-state index in [0.29, 0.717) is 28.0 Å². The lowest BCUT2D eigenvalue weighted by molar-refractivity contribution is 0.627. The first kappa shape index (κ1) is 21.6. The first-order valence-corrected chi connectivity index (χ1v) is 11.7. The fraction of sp³-hybridized carbons (Fsp3) is 0.409. The van der Waals surface area contributed by atoms with Crippen molar-refractivity contribution in [1.82, 2.24) is 9.97 Å². The molecule has 146 valence electrons. The average Bonchev–Trinajstić information content (AvgIpc) is 2.61. The van der Waals surface area contributed by atoms with Gasteiger partial charge < -0.3 is 5.73 Å². The van der Waals surface area contributed by atoms with Crippen LogP contribution in [0.1, 0.15) is 52.8 Å². The Balaban J connectivity index is 2.60. The van der Waals surface area contributed by atoms with Crippen molar-refractivity contribution in [2.45, 2.75) is 58.2 Å². The van der Waals surface area contributed by atoms with Gasteiger partial charge >= 0.3 is 0 Å².